The Labute approximate surface area is 226 Å². The molecule has 1 N–H and O–H groups in total. The number of hydrogen-bond acceptors (Lipinski definition) is 6. The zero-order chi connectivity index (χ0) is 26.4. The quantitative estimate of drug-likeness (QED) is 0.454. The molecule has 8 nitrogen and oxygen atoms in total. The van der Waals surface area contributed by atoms with E-state index in [4.69, 9.17) is 4.74 Å². The average molecular weight is 590 g/mol. The summed E-state index contributed by atoms with van der Waals surface area (Å²) in [5.41, 5.74) is 1.09. The molecule has 0 bridgehead atoms. The highest BCUT2D eigenvalue weighted by molar-refractivity contribution is 9.10. The van der Waals surface area contributed by atoms with Gasteiger partial charge in [0.15, 0.2) is 6.61 Å². The number of rotatable bonds is 7. The van der Waals surface area contributed by atoms with Crippen molar-refractivity contribution in [3.05, 3.63) is 63.2 Å². The number of anilines is 1. The molecule has 2 saturated heterocycles. The second-order valence-electron chi connectivity index (χ2n) is 8.60. The highest BCUT2D eigenvalue weighted by atomic mass is 79.9. The van der Waals surface area contributed by atoms with Crippen LogP contribution in [0.5, 0.6) is 5.75 Å². The summed E-state index contributed by atoms with van der Waals surface area (Å²) in [6.07, 6.45) is 5.60. The van der Waals surface area contributed by atoms with E-state index in [1.807, 2.05) is 0 Å². The van der Waals surface area contributed by atoms with Crippen LogP contribution in [0.2, 0.25) is 0 Å². The van der Waals surface area contributed by atoms with Gasteiger partial charge in [0.2, 0.25) is 5.91 Å². The number of halogens is 2. The Kier molecular flexibility index (Phi) is 8.99. The van der Waals surface area contributed by atoms with Crippen molar-refractivity contribution in [1.82, 2.24) is 9.80 Å². The third-order valence-electron chi connectivity index (χ3n) is 5.87. The molecule has 2 heterocycles. The fourth-order valence-electron chi connectivity index (χ4n) is 3.94. The number of likely N-dealkylation sites (tertiary alicyclic amines) is 1. The van der Waals surface area contributed by atoms with E-state index in [9.17, 15) is 23.6 Å². The molecule has 0 saturated carbocycles. The summed E-state index contributed by atoms with van der Waals surface area (Å²) in [5.74, 6) is -1.11. The van der Waals surface area contributed by atoms with Crippen molar-refractivity contribution in [2.24, 2.45) is 0 Å². The van der Waals surface area contributed by atoms with Crippen molar-refractivity contribution >= 4 is 62.4 Å². The normalized spacial score (nSPS) is 17.2. The molecule has 2 aromatic carbocycles. The molecule has 4 amide bonds. The van der Waals surface area contributed by atoms with Gasteiger partial charge in [-0.25, -0.2) is 4.39 Å². The Morgan fingerprint density at radius 2 is 1.76 bits per heavy atom. The first-order valence-corrected chi connectivity index (χ1v) is 13.4. The lowest BCUT2D eigenvalue weighted by atomic mass is 10.2. The summed E-state index contributed by atoms with van der Waals surface area (Å²) in [4.78, 5) is 53.0. The van der Waals surface area contributed by atoms with Crippen molar-refractivity contribution in [2.75, 3.05) is 31.6 Å². The number of carbonyl (C=O) groups is 4. The van der Waals surface area contributed by atoms with Crippen LogP contribution >= 0.6 is 27.7 Å². The van der Waals surface area contributed by atoms with Gasteiger partial charge in [0.25, 0.3) is 17.1 Å². The Balaban J connectivity index is 1.34. The van der Waals surface area contributed by atoms with Gasteiger partial charge in [-0.2, -0.15) is 0 Å². The second kappa shape index (κ2) is 12.4. The van der Waals surface area contributed by atoms with Crippen LogP contribution < -0.4 is 10.1 Å². The van der Waals surface area contributed by atoms with Crippen LogP contribution in [0.1, 0.15) is 31.2 Å². The first-order chi connectivity index (χ1) is 17.8. The summed E-state index contributed by atoms with van der Waals surface area (Å²) in [6, 6.07) is 10.4. The molecule has 2 aliphatic rings. The molecule has 2 fully saturated rings. The minimum absolute atomic E-state index is 0.210. The van der Waals surface area contributed by atoms with Gasteiger partial charge in [-0.3, -0.25) is 24.1 Å². The van der Waals surface area contributed by atoms with Crippen molar-refractivity contribution in [3.63, 3.8) is 0 Å². The van der Waals surface area contributed by atoms with Crippen LogP contribution in [0.25, 0.3) is 6.08 Å². The fraction of sp³-hybridized carbons (Fsp3) is 0.308. The Morgan fingerprint density at radius 1 is 1.05 bits per heavy atom. The van der Waals surface area contributed by atoms with Crippen LogP contribution in [0, 0.1) is 5.82 Å². The smallest absolute Gasteiger partial charge is 0.294 e. The second-order valence-corrected chi connectivity index (χ2v) is 10.4. The molecule has 11 heteroatoms. The van der Waals surface area contributed by atoms with E-state index >= 15 is 0 Å². The monoisotopic (exact) mass is 589 g/mol. The SMILES string of the molecule is O=C(COc1ccc(C=C2SC(=O)N(CC(=O)N3CCCCCC3)C2=O)cc1Br)Nc1ccc(F)cc1. The largest absolute Gasteiger partial charge is 0.483 e. The number of carbonyl (C=O) groups excluding carboxylic acids is 4. The first kappa shape index (κ1) is 26.9. The summed E-state index contributed by atoms with van der Waals surface area (Å²) in [5, 5.41) is 2.14. The van der Waals surface area contributed by atoms with Gasteiger partial charge >= 0.3 is 0 Å². The van der Waals surface area contributed by atoms with E-state index in [2.05, 4.69) is 21.2 Å². The molecule has 2 aromatic rings. The van der Waals surface area contributed by atoms with Crippen molar-refractivity contribution in [2.45, 2.75) is 25.7 Å². The lowest BCUT2D eigenvalue weighted by Crippen LogP contribution is -2.42. The van der Waals surface area contributed by atoms with Gasteiger partial charge in [0, 0.05) is 18.8 Å². The van der Waals surface area contributed by atoms with Crippen molar-refractivity contribution in [1.29, 1.82) is 0 Å². The minimum Gasteiger partial charge on any atom is -0.483 e. The number of benzene rings is 2. The van der Waals surface area contributed by atoms with Crippen LogP contribution in [-0.4, -0.2) is 59.0 Å². The van der Waals surface area contributed by atoms with Gasteiger partial charge in [-0.05, 0) is 88.6 Å². The van der Waals surface area contributed by atoms with E-state index in [1.54, 1.807) is 29.2 Å². The molecule has 0 spiro atoms. The van der Waals surface area contributed by atoms with Crippen LogP contribution in [-0.2, 0) is 14.4 Å². The molecule has 0 aliphatic carbocycles. The zero-order valence-corrected chi connectivity index (χ0v) is 22.3. The summed E-state index contributed by atoms with van der Waals surface area (Å²) >= 11 is 4.20. The molecule has 194 valence electrons. The number of nitrogens with zero attached hydrogens (tertiary/aromatic N) is 2. The maximum atomic E-state index is 13.0. The average Bonchev–Trinajstić information content (AvgIpc) is 3.05. The van der Waals surface area contributed by atoms with Gasteiger partial charge in [-0.1, -0.05) is 18.9 Å². The molecule has 0 aromatic heterocycles. The van der Waals surface area contributed by atoms with Gasteiger partial charge in [-0.15, -0.1) is 0 Å². The number of ether oxygens (including phenoxy) is 1. The topological polar surface area (TPSA) is 96.0 Å². The van der Waals surface area contributed by atoms with E-state index in [-0.39, 0.29) is 24.0 Å². The Morgan fingerprint density at radius 3 is 2.43 bits per heavy atom. The Bertz CT molecular complexity index is 1230. The molecule has 37 heavy (non-hydrogen) atoms. The number of nitrogens with one attached hydrogen (secondary N) is 1. The predicted molar refractivity (Wildman–Crippen MR) is 142 cm³/mol. The zero-order valence-electron chi connectivity index (χ0n) is 19.9. The first-order valence-electron chi connectivity index (χ1n) is 11.8. The number of hydrogen-bond donors (Lipinski definition) is 1. The van der Waals surface area contributed by atoms with Gasteiger partial charge in [0.1, 0.15) is 18.1 Å². The summed E-state index contributed by atoms with van der Waals surface area (Å²) in [7, 11) is 0. The summed E-state index contributed by atoms with van der Waals surface area (Å²) < 4.78 is 19.1. The van der Waals surface area contributed by atoms with Crippen LogP contribution in [0.4, 0.5) is 14.9 Å². The number of amides is 4. The highest BCUT2D eigenvalue weighted by Crippen LogP contribution is 2.34. The van der Waals surface area contributed by atoms with E-state index in [0.29, 0.717) is 34.6 Å². The maximum absolute atomic E-state index is 13.0. The lowest BCUT2D eigenvalue weighted by Gasteiger charge is -2.22. The lowest BCUT2D eigenvalue weighted by molar-refractivity contribution is -0.135. The molecular formula is C26H25BrFN3O5S. The Hall–Kier alpha value is -3.18. The van der Waals surface area contributed by atoms with E-state index in [1.165, 1.54) is 24.3 Å². The van der Waals surface area contributed by atoms with Gasteiger partial charge in [0.05, 0.1) is 9.38 Å². The molecular weight excluding hydrogens is 565 g/mol. The number of imide groups is 1. The maximum Gasteiger partial charge on any atom is 0.294 e. The standard InChI is InChI=1S/C26H25BrFN3O5S/c27-20-13-17(5-10-21(20)36-16-23(32)29-19-8-6-18(28)7-9-19)14-22-25(34)31(26(35)37-22)15-24(33)30-11-3-1-2-4-12-30/h5-10,13-14H,1-4,11-12,15-16H2,(H,29,32). The van der Waals surface area contributed by atoms with Crippen molar-refractivity contribution < 1.29 is 28.3 Å². The molecule has 0 radical (unpaired) electrons. The highest BCUT2D eigenvalue weighted by Gasteiger charge is 2.37. The van der Waals surface area contributed by atoms with E-state index < -0.39 is 22.9 Å². The molecule has 0 atom stereocenters. The summed E-state index contributed by atoms with van der Waals surface area (Å²) in [6.45, 7) is 0.792. The predicted octanol–water partition coefficient (Wildman–Crippen LogP) is 5.04. The van der Waals surface area contributed by atoms with Crippen LogP contribution in [0.15, 0.2) is 51.8 Å². The minimum atomic E-state index is -0.493. The third-order valence-corrected chi connectivity index (χ3v) is 7.39. The fourth-order valence-corrected chi connectivity index (χ4v) is 5.29. The molecule has 2 aliphatic heterocycles. The van der Waals surface area contributed by atoms with Crippen molar-refractivity contribution in [3.8, 4) is 5.75 Å². The molecule has 4 rings (SSSR count). The van der Waals surface area contributed by atoms with Crippen LogP contribution in [0.3, 0.4) is 0 Å². The molecule has 0 unspecified atom stereocenters. The number of thioether (sulfide) groups is 1. The third kappa shape index (κ3) is 7.20. The van der Waals surface area contributed by atoms with E-state index in [0.717, 1.165) is 42.3 Å². The van der Waals surface area contributed by atoms with Gasteiger partial charge < -0.3 is 15.0 Å².